The van der Waals surface area contributed by atoms with E-state index < -0.39 is 54.4 Å². The van der Waals surface area contributed by atoms with E-state index in [2.05, 4.69) is 5.32 Å². The Labute approximate surface area is 144 Å². The summed E-state index contributed by atoms with van der Waals surface area (Å²) >= 11 is 0. The summed E-state index contributed by atoms with van der Waals surface area (Å²) in [7, 11) is 0. The molecule has 3 fully saturated rings. The number of aromatic nitrogens is 2. The Balaban J connectivity index is 1.55. The monoisotopic (exact) mass is 371 g/mol. The number of ether oxygens (including phenoxy) is 4. The second kappa shape index (κ2) is 5.83. The van der Waals surface area contributed by atoms with Gasteiger partial charge >= 0.3 is 17.9 Å². The van der Waals surface area contributed by atoms with Crippen LogP contribution in [0.15, 0.2) is 21.9 Å². The predicted octanol–water partition coefficient (Wildman–Crippen LogP) is -0.476. The summed E-state index contributed by atoms with van der Waals surface area (Å²) < 4.78 is 35.8. The normalized spacial score (nSPS) is 32.5. The highest BCUT2D eigenvalue weighted by molar-refractivity contribution is 5.68. The lowest BCUT2D eigenvalue weighted by Crippen LogP contribution is -2.44. The lowest BCUT2D eigenvalue weighted by Gasteiger charge is -2.23. The quantitative estimate of drug-likeness (QED) is 0.677. The number of halogens is 1. The number of nitrogens with one attached hydrogen (secondary N) is 2. The molecule has 1 aliphatic carbocycles. The number of fused-ring (bicyclic) bond motifs is 1. The van der Waals surface area contributed by atoms with Crippen molar-refractivity contribution in [3.63, 3.8) is 0 Å². The molecule has 1 aromatic rings. The second-order valence-electron chi connectivity index (χ2n) is 6.18. The van der Waals surface area contributed by atoms with Gasteiger partial charge in [0.1, 0.15) is 0 Å². The van der Waals surface area contributed by atoms with Crippen molar-refractivity contribution in [2.45, 2.75) is 43.2 Å². The van der Waals surface area contributed by atoms with Gasteiger partial charge in [-0.25, -0.2) is 18.8 Å². The van der Waals surface area contributed by atoms with Crippen molar-refractivity contribution in [3.05, 3.63) is 33.1 Å². The Morgan fingerprint density at radius 1 is 1.38 bits per heavy atom. The maximum Gasteiger partial charge on any atom is 0.509 e. The predicted molar refractivity (Wildman–Crippen MR) is 77.9 cm³/mol. The fraction of sp³-hybridized carbons (Fsp3) is 0.571. The number of carbonyl (C=O) groups excluding carboxylic acids is 2. The zero-order valence-corrected chi connectivity index (χ0v) is 13.2. The van der Waals surface area contributed by atoms with Gasteiger partial charge in [-0.05, 0) is 12.8 Å². The number of carbonyl (C=O) groups is 2. The van der Waals surface area contributed by atoms with Gasteiger partial charge in [-0.15, -0.1) is 0 Å². The summed E-state index contributed by atoms with van der Waals surface area (Å²) in [4.78, 5) is 48.1. The molecule has 140 valence electrons. The van der Waals surface area contributed by atoms with Crippen molar-refractivity contribution < 1.29 is 32.9 Å². The van der Waals surface area contributed by atoms with Crippen LogP contribution in [-0.4, -0.2) is 52.5 Å². The van der Waals surface area contributed by atoms with E-state index in [0.717, 1.165) is 29.7 Å². The topological polar surface area (TPSA) is 138 Å². The third-order valence-electron chi connectivity index (χ3n) is 4.20. The van der Waals surface area contributed by atoms with Crippen molar-refractivity contribution in [1.82, 2.24) is 14.9 Å². The van der Waals surface area contributed by atoms with Crippen LogP contribution in [0.2, 0.25) is 0 Å². The Bertz CT molecular complexity index is 864. The molecule has 3 heterocycles. The van der Waals surface area contributed by atoms with Gasteiger partial charge in [0.15, 0.2) is 18.9 Å². The van der Waals surface area contributed by atoms with Gasteiger partial charge in [0.25, 0.3) is 11.4 Å². The number of aromatic amines is 1. The van der Waals surface area contributed by atoms with E-state index >= 15 is 4.39 Å². The molecule has 2 N–H and O–H groups in total. The number of amides is 1. The minimum atomic E-state index is -2.72. The molecular weight excluding hydrogens is 357 g/mol. The average Bonchev–Trinajstić information content (AvgIpc) is 3.23. The molecule has 1 aromatic heterocycles. The Morgan fingerprint density at radius 3 is 2.85 bits per heavy atom. The summed E-state index contributed by atoms with van der Waals surface area (Å²) in [5.41, 5.74) is -1.55. The van der Waals surface area contributed by atoms with Crippen molar-refractivity contribution in [2.75, 3.05) is 6.61 Å². The molecule has 1 saturated carbocycles. The number of hydrogen-bond acceptors (Lipinski definition) is 8. The smallest absolute Gasteiger partial charge is 0.443 e. The molecule has 11 nitrogen and oxygen atoms in total. The zero-order valence-electron chi connectivity index (χ0n) is 13.2. The number of H-pyrrole nitrogens is 1. The van der Waals surface area contributed by atoms with Crippen LogP contribution in [0, 0.1) is 0 Å². The summed E-state index contributed by atoms with van der Waals surface area (Å²) in [6, 6.07) is 1.03. The first-order valence-electron chi connectivity index (χ1n) is 7.84. The lowest BCUT2D eigenvalue weighted by atomic mass is 10.1. The number of nitrogens with zero attached hydrogens (tertiary/aromatic N) is 1. The molecule has 0 radical (unpaired) electrons. The second-order valence-corrected chi connectivity index (χ2v) is 6.18. The maximum atomic E-state index is 15.2. The van der Waals surface area contributed by atoms with Crippen molar-refractivity contribution in [3.8, 4) is 0 Å². The highest BCUT2D eigenvalue weighted by Crippen LogP contribution is 2.44. The van der Waals surface area contributed by atoms with Gasteiger partial charge in [0, 0.05) is 18.3 Å². The molecule has 0 aromatic carbocycles. The van der Waals surface area contributed by atoms with Crippen molar-refractivity contribution >= 4 is 12.2 Å². The van der Waals surface area contributed by atoms with Gasteiger partial charge in [-0.3, -0.25) is 14.3 Å². The maximum absolute atomic E-state index is 15.2. The van der Waals surface area contributed by atoms with E-state index in [-0.39, 0.29) is 6.04 Å². The lowest BCUT2D eigenvalue weighted by molar-refractivity contribution is -0.210. The number of hydrogen-bond donors (Lipinski definition) is 2. The van der Waals surface area contributed by atoms with Crippen LogP contribution in [0.25, 0.3) is 0 Å². The first-order valence-corrected chi connectivity index (χ1v) is 7.84. The highest BCUT2D eigenvalue weighted by Gasteiger charge is 2.65. The summed E-state index contributed by atoms with van der Waals surface area (Å²) in [6.45, 7) is -0.877. The summed E-state index contributed by atoms with van der Waals surface area (Å²) in [5.74, 6) is -2.72. The molecular formula is C14H14FN3O8. The minimum absolute atomic E-state index is 0.00964. The van der Waals surface area contributed by atoms with Crippen molar-refractivity contribution in [1.29, 1.82) is 0 Å². The molecule has 26 heavy (non-hydrogen) atoms. The first-order chi connectivity index (χ1) is 12.4. The van der Waals surface area contributed by atoms with E-state index in [1.54, 1.807) is 0 Å². The van der Waals surface area contributed by atoms with Gasteiger partial charge < -0.3 is 24.3 Å². The van der Waals surface area contributed by atoms with E-state index in [0.29, 0.717) is 0 Å². The SMILES string of the molecule is O=C(NC1CC1)OC[C@@]1(F)O[C@@H](n2ccc(=O)[nH]c2=O)[C@@H]2OC(=O)O[C@@H]21. The largest absolute Gasteiger partial charge is 0.509 e. The van der Waals surface area contributed by atoms with E-state index in [1.807, 2.05) is 4.98 Å². The van der Waals surface area contributed by atoms with Gasteiger partial charge in [-0.2, -0.15) is 0 Å². The highest BCUT2D eigenvalue weighted by atomic mass is 19.2. The molecule has 2 saturated heterocycles. The van der Waals surface area contributed by atoms with Crippen LogP contribution in [0.4, 0.5) is 14.0 Å². The Morgan fingerprint density at radius 2 is 2.15 bits per heavy atom. The summed E-state index contributed by atoms with van der Waals surface area (Å²) in [5, 5.41) is 2.50. The molecule has 0 spiro atoms. The van der Waals surface area contributed by atoms with Crippen LogP contribution in [0.3, 0.4) is 0 Å². The summed E-state index contributed by atoms with van der Waals surface area (Å²) in [6.07, 6.45) is -3.52. The molecule has 0 bridgehead atoms. The van der Waals surface area contributed by atoms with E-state index in [9.17, 15) is 19.2 Å². The zero-order chi connectivity index (χ0) is 18.5. The molecule has 3 aliphatic rings. The third kappa shape index (κ3) is 2.92. The molecule has 2 aliphatic heterocycles. The van der Waals surface area contributed by atoms with E-state index in [1.165, 1.54) is 0 Å². The van der Waals surface area contributed by atoms with Gasteiger partial charge in [0.05, 0.1) is 0 Å². The Hall–Kier alpha value is -2.89. The molecule has 12 heteroatoms. The minimum Gasteiger partial charge on any atom is -0.443 e. The molecule has 1 amide bonds. The van der Waals surface area contributed by atoms with Crippen molar-refractivity contribution in [2.24, 2.45) is 0 Å². The fourth-order valence-corrected chi connectivity index (χ4v) is 2.81. The number of rotatable bonds is 4. The van der Waals surface area contributed by atoms with Gasteiger partial charge in [-0.1, -0.05) is 0 Å². The Kier molecular flexibility index (Phi) is 3.72. The van der Waals surface area contributed by atoms with Gasteiger partial charge in [0.2, 0.25) is 6.10 Å². The molecule has 4 rings (SSSR count). The number of alkyl carbamates (subject to hydrolysis) is 1. The average molecular weight is 371 g/mol. The number of alkyl halides is 1. The third-order valence-corrected chi connectivity index (χ3v) is 4.20. The molecule has 4 atom stereocenters. The van der Waals surface area contributed by atoms with Crippen LogP contribution in [0.1, 0.15) is 19.1 Å². The van der Waals surface area contributed by atoms with Crippen LogP contribution in [0.5, 0.6) is 0 Å². The first kappa shape index (κ1) is 16.6. The molecule has 0 unspecified atom stereocenters. The van der Waals surface area contributed by atoms with Crippen LogP contribution in [-0.2, 0) is 18.9 Å². The van der Waals surface area contributed by atoms with Crippen LogP contribution >= 0.6 is 0 Å². The van der Waals surface area contributed by atoms with Crippen LogP contribution < -0.4 is 16.6 Å². The van der Waals surface area contributed by atoms with E-state index in [4.69, 9.17) is 18.9 Å². The fourth-order valence-electron chi connectivity index (χ4n) is 2.81. The standard InChI is InChI=1S/C14H14FN3O8/c15-14(5-23-12(21)16-6-1-2-6)9-8(24-13(22)25-9)10(26-14)18-4-3-7(19)17-11(18)20/h3-4,6,8-10H,1-2,5H2,(H,16,21)(H,17,19,20)/t8-,9+,10-,14-/m1/s1.